The largest absolute Gasteiger partial charge is 0.329 e. The van der Waals surface area contributed by atoms with E-state index in [0.29, 0.717) is 17.8 Å². The van der Waals surface area contributed by atoms with Crippen molar-refractivity contribution in [2.24, 2.45) is 5.73 Å². The van der Waals surface area contributed by atoms with Crippen LogP contribution >= 0.6 is 11.8 Å². The number of nitrogens with two attached hydrogens (primary N) is 1. The molecular formula is C14H24N2S. The maximum Gasteiger partial charge on any atom is 0.0234 e. The van der Waals surface area contributed by atoms with Gasteiger partial charge >= 0.3 is 0 Å². The molecule has 1 atom stereocenters. The summed E-state index contributed by atoms with van der Waals surface area (Å²) in [6.45, 7) is 8.26. The number of nitrogens with zero attached hydrogens (tertiary/aromatic N) is 1. The van der Waals surface area contributed by atoms with Gasteiger partial charge in [0.05, 0.1) is 0 Å². The van der Waals surface area contributed by atoms with Gasteiger partial charge in [0, 0.05) is 29.3 Å². The van der Waals surface area contributed by atoms with Crippen LogP contribution in [0.15, 0.2) is 29.2 Å². The SMILES string of the molecule is CC(C)Sc1ccc(CN(C)C(C)CN)cc1. The second-order valence-corrected chi connectivity index (χ2v) is 6.46. The van der Waals surface area contributed by atoms with E-state index in [1.54, 1.807) is 0 Å². The molecule has 2 N–H and O–H groups in total. The van der Waals surface area contributed by atoms with E-state index in [9.17, 15) is 0 Å². The average molecular weight is 252 g/mol. The van der Waals surface area contributed by atoms with Crippen LogP contribution in [0, 0.1) is 0 Å². The molecule has 0 aromatic heterocycles. The number of thioether (sulfide) groups is 1. The molecule has 1 aromatic carbocycles. The molecule has 2 nitrogen and oxygen atoms in total. The molecule has 0 aliphatic carbocycles. The number of hydrogen-bond donors (Lipinski definition) is 1. The van der Waals surface area contributed by atoms with Crippen LogP contribution in [0.1, 0.15) is 26.3 Å². The molecule has 0 aliphatic heterocycles. The van der Waals surface area contributed by atoms with Crippen LogP contribution in [0.25, 0.3) is 0 Å². The van der Waals surface area contributed by atoms with Gasteiger partial charge in [-0.1, -0.05) is 26.0 Å². The Kier molecular flexibility index (Phi) is 6.03. The first-order valence-electron chi connectivity index (χ1n) is 6.18. The number of benzene rings is 1. The zero-order chi connectivity index (χ0) is 12.8. The minimum atomic E-state index is 0.430. The minimum Gasteiger partial charge on any atom is -0.329 e. The van der Waals surface area contributed by atoms with E-state index in [1.807, 2.05) is 11.8 Å². The van der Waals surface area contributed by atoms with Crippen LogP contribution < -0.4 is 5.73 Å². The smallest absolute Gasteiger partial charge is 0.0234 e. The number of likely N-dealkylation sites (N-methyl/N-ethyl adjacent to an activating group) is 1. The molecule has 1 rings (SSSR count). The maximum atomic E-state index is 5.66. The van der Waals surface area contributed by atoms with Gasteiger partial charge in [-0.3, -0.25) is 4.90 Å². The molecule has 3 heteroatoms. The highest BCUT2D eigenvalue weighted by molar-refractivity contribution is 7.99. The Morgan fingerprint density at radius 2 is 1.76 bits per heavy atom. The summed E-state index contributed by atoms with van der Waals surface area (Å²) in [5, 5.41) is 0.640. The molecule has 1 aromatic rings. The van der Waals surface area contributed by atoms with Crippen molar-refractivity contribution < 1.29 is 0 Å². The van der Waals surface area contributed by atoms with E-state index in [1.165, 1.54) is 10.5 Å². The van der Waals surface area contributed by atoms with Crippen molar-refractivity contribution >= 4 is 11.8 Å². The van der Waals surface area contributed by atoms with Crippen molar-refractivity contribution in [3.05, 3.63) is 29.8 Å². The Morgan fingerprint density at radius 3 is 2.24 bits per heavy atom. The van der Waals surface area contributed by atoms with Gasteiger partial charge in [0.2, 0.25) is 0 Å². The second-order valence-electron chi connectivity index (χ2n) is 4.81. The quantitative estimate of drug-likeness (QED) is 0.789. The van der Waals surface area contributed by atoms with Gasteiger partial charge in [-0.2, -0.15) is 0 Å². The molecule has 0 saturated heterocycles. The number of rotatable bonds is 6. The summed E-state index contributed by atoms with van der Waals surface area (Å²) in [6, 6.07) is 9.27. The lowest BCUT2D eigenvalue weighted by Crippen LogP contribution is -2.34. The molecule has 0 aliphatic rings. The molecule has 17 heavy (non-hydrogen) atoms. The van der Waals surface area contributed by atoms with E-state index in [-0.39, 0.29) is 0 Å². The van der Waals surface area contributed by atoms with Crippen LogP contribution in [0.5, 0.6) is 0 Å². The Morgan fingerprint density at radius 1 is 1.18 bits per heavy atom. The van der Waals surface area contributed by atoms with Gasteiger partial charge < -0.3 is 5.73 Å². The van der Waals surface area contributed by atoms with E-state index < -0.39 is 0 Å². The molecule has 0 amide bonds. The third-order valence-corrected chi connectivity index (χ3v) is 3.84. The molecule has 0 radical (unpaired) electrons. The van der Waals surface area contributed by atoms with Gasteiger partial charge in [-0.15, -0.1) is 11.8 Å². The molecule has 0 spiro atoms. The first-order chi connectivity index (χ1) is 8.02. The summed E-state index contributed by atoms with van der Waals surface area (Å²) in [7, 11) is 2.12. The van der Waals surface area contributed by atoms with Crippen LogP contribution in [0.2, 0.25) is 0 Å². The highest BCUT2D eigenvalue weighted by Crippen LogP contribution is 2.23. The molecule has 0 bridgehead atoms. The highest BCUT2D eigenvalue weighted by Gasteiger charge is 2.07. The van der Waals surface area contributed by atoms with E-state index >= 15 is 0 Å². The van der Waals surface area contributed by atoms with Crippen molar-refractivity contribution in [2.75, 3.05) is 13.6 Å². The maximum absolute atomic E-state index is 5.66. The van der Waals surface area contributed by atoms with Gasteiger partial charge in [0.25, 0.3) is 0 Å². The van der Waals surface area contributed by atoms with Gasteiger partial charge in [0.1, 0.15) is 0 Å². The predicted octanol–water partition coefficient (Wildman–Crippen LogP) is 2.97. The average Bonchev–Trinajstić information content (AvgIpc) is 2.30. The summed E-state index contributed by atoms with van der Waals surface area (Å²) in [6.07, 6.45) is 0. The lowest BCUT2D eigenvalue weighted by Gasteiger charge is -2.23. The van der Waals surface area contributed by atoms with Crippen molar-refractivity contribution in [3.8, 4) is 0 Å². The Hall–Kier alpha value is -0.510. The zero-order valence-corrected chi connectivity index (χ0v) is 12.1. The van der Waals surface area contributed by atoms with Crippen molar-refractivity contribution in [1.29, 1.82) is 0 Å². The fourth-order valence-corrected chi connectivity index (χ4v) is 2.41. The monoisotopic (exact) mass is 252 g/mol. The summed E-state index contributed by atoms with van der Waals surface area (Å²) in [5.74, 6) is 0. The Bertz CT molecular complexity index is 321. The van der Waals surface area contributed by atoms with Gasteiger partial charge in [-0.25, -0.2) is 0 Å². The van der Waals surface area contributed by atoms with Crippen molar-refractivity contribution in [3.63, 3.8) is 0 Å². The topological polar surface area (TPSA) is 29.3 Å². The minimum absolute atomic E-state index is 0.430. The Labute approximate surface area is 110 Å². The first kappa shape index (κ1) is 14.6. The fraction of sp³-hybridized carbons (Fsp3) is 0.571. The molecule has 0 heterocycles. The zero-order valence-electron chi connectivity index (χ0n) is 11.3. The molecule has 0 saturated carbocycles. The van der Waals surface area contributed by atoms with Gasteiger partial charge in [0.15, 0.2) is 0 Å². The molecule has 96 valence electrons. The van der Waals surface area contributed by atoms with E-state index in [2.05, 4.69) is 57.0 Å². The lowest BCUT2D eigenvalue weighted by molar-refractivity contribution is 0.255. The summed E-state index contributed by atoms with van der Waals surface area (Å²) in [5.41, 5.74) is 7.01. The van der Waals surface area contributed by atoms with Crippen LogP contribution in [0.4, 0.5) is 0 Å². The van der Waals surface area contributed by atoms with E-state index in [4.69, 9.17) is 5.73 Å². The molecule has 0 fully saturated rings. The number of hydrogen-bond acceptors (Lipinski definition) is 3. The summed E-state index contributed by atoms with van der Waals surface area (Å²) < 4.78 is 0. The van der Waals surface area contributed by atoms with Crippen LogP contribution in [-0.4, -0.2) is 29.8 Å². The van der Waals surface area contributed by atoms with Crippen molar-refractivity contribution in [1.82, 2.24) is 4.90 Å². The molecular weight excluding hydrogens is 228 g/mol. The van der Waals surface area contributed by atoms with E-state index in [0.717, 1.165) is 6.54 Å². The third kappa shape index (κ3) is 5.11. The highest BCUT2D eigenvalue weighted by atomic mass is 32.2. The first-order valence-corrected chi connectivity index (χ1v) is 7.06. The second kappa shape index (κ2) is 7.04. The lowest BCUT2D eigenvalue weighted by atomic mass is 10.2. The predicted molar refractivity (Wildman–Crippen MR) is 77.4 cm³/mol. The Balaban J connectivity index is 2.56. The fourth-order valence-electron chi connectivity index (χ4n) is 1.57. The van der Waals surface area contributed by atoms with Gasteiger partial charge in [-0.05, 0) is 31.7 Å². The van der Waals surface area contributed by atoms with Crippen molar-refractivity contribution in [2.45, 2.75) is 43.5 Å². The summed E-state index contributed by atoms with van der Waals surface area (Å²) >= 11 is 1.90. The molecule has 1 unspecified atom stereocenters. The standard InChI is InChI=1S/C14H24N2S/c1-11(2)17-14-7-5-13(6-8-14)10-16(4)12(3)9-15/h5-8,11-12H,9-10,15H2,1-4H3. The van der Waals surface area contributed by atoms with Crippen LogP contribution in [-0.2, 0) is 6.54 Å². The van der Waals surface area contributed by atoms with Crippen LogP contribution in [0.3, 0.4) is 0 Å². The summed E-state index contributed by atoms with van der Waals surface area (Å²) in [4.78, 5) is 3.63. The third-order valence-electron chi connectivity index (χ3n) is 2.82. The normalized spacial score (nSPS) is 13.4.